The van der Waals surface area contributed by atoms with E-state index < -0.39 is 0 Å². The third-order valence-electron chi connectivity index (χ3n) is 6.02. The summed E-state index contributed by atoms with van der Waals surface area (Å²) in [6.07, 6.45) is 5.10. The molecule has 4 rings (SSSR count). The van der Waals surface area contributed by atoms with Crippen molar-refractivity contribution in [1.82, 2.24) is 15.6 Å². The first kappa shape index (κ1) is 19.5. The van der Waals surface area contributed by atoms with Crippen LogP contribution in [0.5, 0.6) is 0 Å². The summed E-state index contributed by atoms with van der Waals surface area (Å²) in [7, 11) is 1.83. The number of ether oxygens (including phenoxy) is 1. The lowest BCUT2D eigenvalue weighted by molar-refractivity contribution is 0.0514. The fourth-order valence-corrected chi connectivity index (χ4v) is 4.25. The molecule has 1 aromatic heterocycles. The Bertz CT molecular complexity index is 942. The van der Waals surface area contributed by atoms with Crippen LogP contribution in [0.3, 0.4) is 0 Å². The zero-order chi connectivity index (χ0) is 19.9. The standard InChI is InChI=1S/C24H30N4O/c1-25-23(26-14-11-19-17-27-22-10-6-5-9-21(19)22)28-18-24(12-15-29-16-13-24)20-7-3-2-4-8-20/h2-10,17,27H,11-16,18H2,1H3,(H2,25,26,28). The number of aromatic amines is 1. The van der Waals surface area contributed by atoms with Gasteiger partial charge in [0, 0.05) is 55.9 Å². The van der Waals surface area contributed by atoms with E-state index in [0.717, 1.165) is 51.5 Å². The van der Waals surface area contributed by atoms with E-state index in [-0.39, 0.29) is 5.41 Å². The topological polar surface area (TPSA) is 61.4 Å². The summed E-state index contributed by atoms with van der Waals surface area (Å²) in [5.74, 6) is 0.853. The molecule has 29 heavy (non-hydrogen) atoms. The smallest absolute Gasteiger partial charge is 0.191 e. The largest absolute Gasteiger partial charge is 0.381 e. The lowest BCUT2D eigenvalue weighted by Crippen LogP contribution is -2.48. The van der Waals surface area contributed by atoms with Crippen molar-refractivity contribution in [1.29, 1.82) is 0 Å². The molecule has 0 unspecified atom stereocenters. The first-order chi connectivity index (χ1) is 14.3. The zero-order valence-corrected chi connectivity index (χ0v) is 17.1. The van der Waals surface area contributed by atoms with Gasteiger partial charge in [0.05, 0.1) is 0 Å². The molecular weight excluding hydrogens is 360 g/mol. The van der Waals surface area contributed by atoms with Crippen LogP contribution in [0.25, 0.3) is 10.9 Å². The predicted octanol–water partition coefficient (Wildman–Crippen LogP) is 3.62. The van der Waals surface area contributed by atoms with Crippen LogP contribution < -0.4 is 10.6 Å². The quantitative estimate of drug-likeness (QED) is 0.445. The first-order valence-electron chi connectivity index (χ1n) is 10.4. The fourth-order valence-electron chi connectivity index (χ4n) is 4.25. The summed E-state index contributed by atoms with van der Waals surface area (Å²) in [5.41, 5.74) is 3.99. The van der Waals surface area contributed by atoms with Crippen LogP contribution >= 0.6 is 0 Å². The Kier molecular flexibility index (Phi) is 6.15. The molecule has 1 aliphatic heterocycles. The lowest BCUT2D eigenvalue weighted by atomic mass is 9.74. The number of guanidine groups is 1. The molecule has 2 heterocycles. The van der Waals surface area contributed by atoms with E-state index in [9.17, 15) is 0 Å². The van der Waals surface area contributed by atoms with Crippen molar-refractivity contribution in [2.24, 2.45) is 4.99 Å². The molecule has 3 aromatic rings. The van der Waals surface area contributed by atoms with E-state index in [1.165, 1.54) is 22.0 Å². The minimum Gasteiger partial charge on any atom is -0.381 e. The van der Waals surface area contributed by atoms with E-state index in [4.69, 9.17) is 4.74 Å². The Morgan fingerprint density at radius 2 is 1.79 bits per heavy atom. The molecule has 5 nitrogen and oxygen atoms in total. The minimum absolute atomic E-state index is 0.0912. The number of hydrogen-bond acceptors (Lipinski definition) is 2. The fraction of sp³-hybridized carbons (Fsp3) is 0.375. The van der Waals surface area contributed by atoms with Gasteiger partial charge in [-0.15, -0.1) is 0 Å². The Labute approximate surface area is 172 Å². The van der Waals surface area contributed by atoms with Gasteiger partial charge < -0.3 is 20.4 Å². The number of hydrogen-bond donors (Lipinski definition) is 3. The predicted molar refractivity (Wildman–Crippen MR) is 120 cm³/mol. The van der Waals surface area contributed by atoms with Gasteiger partial charge in [-0.25, -0.2) is 0 Å². The Hall–Kier alpha value is -2.79. The normalized spacial score (nSPS) is 16.7. The van der Waals surface area contributed by atoms with Gasteiger partial charge in [-0.1, -0.05) is 48.5 Å². The second-order valence-corrected chi connectivity index (χ2v) is 7.72. The van der Waals surface area contributed by atoms with Gasteiger partial charge in [0.2, 0.25) is 0 Å². The second kappa shape index (κ2) is 9.14. The van der Waals surface area contributed by atoms with E-state index in [0.29, 0.717) is 0 Å². The molecular formula is C24H30N4O. The van der Waals surface area contributed by atoms with E-state index in [2.05, 4.69) is 81.4 Å². The highest BCUT2D eigenvalue weighted by molar-refractivity contribution is 5.83. The Balaban J connectivity index is 1.36. The number of fused-ring (bicyclic) bond motifs is 1. The molecule has 1 saturated heterocycles. The monoisotopic (exact) mass is 390 g/mol. The molecule has 2 aromatic carbocycles. The summed E-state index contributed by atoms with van der Waals surface area (Å²) in [6, 6.07) is 19.2. The highest BCUT2D eigenvalue weighted by atomic mass is 16.5. The molecule has 0 aliphatic carbocycles. The SMILES string of the molecule is CN=C(NCCc1c[nH]c2ccccc12)NCC1(c2ccccc2)CCOCC1. The number of aromatic nitrogens is 1. The van der Waals surface area contributed by atoms with Crippen molar-refractivity contribution < 1.29 is 4.74 Å². The second-order valence-electron chi connectivity index (χ2n) is 7.72. The van der Waals surface area contributed by atoms with Gasteiger partial charge in [-0.2, -0.15) is 0 Å². The number of nitrogens with one attached hydrogen (secondary N) is 3. The van der Waals surface area contributed by atoms with Crippen molar-refractivity contribution in [3.63, 3.8) is 0 Å². The average Bonchev–Trinajstić information content (AvgIpc) is 3.20. The molecule has 0 radical (unpaired) electrons. The van der Waals surface area contributed by atoms with Crippen LogP contribution in [0.15, 0.2) is 65.8 Å². The van der Waals surface area contributed by atoms with Crippen LogP contribution in [-0.4, -0.2) is 44.3 Å². The highest BCUT2D eigenvalue weighted by Gasteiger charge is 2.34. The summed E-state index contributed by atoms with van der Waals surface area (Å²) in [5, 5.41) is 8.34. The molecule has 5 heteroatoms. The molecule has 1 aliphatic rings. The van der Waals surface area contributed by atoms with Crippen molar-refractivity contribution in [3.05, 3.63) is 71.9 Å². The third kappa shape index (κ3) is 4.46. The molecule has 0 bridgehead atoms. The molecule has 152 valence electrons. The van der Waals surface area contributed by atoms with Crippen LogP contribution in [-0.2, 0) is 16.6 Å². The highest BCUT2D eigenvalue weighted by Crippen LogP contribution is 2.34. The molecule has 0 saturated carbocycles. The van der Waals surface area contributed by atoms with Gasteiger partial charge in [-0.3, -0.25) is 4.99 Å². The van der Waals surface area contributed by atoms with Crippen molar-refractivity contribution in [2.45, 2.75) is 24.7 Å². The van der Waals surface area contributed by atoms with Gasteiger partial charge >= 0.3 is 0 Å². The third-order valence-corrected chi connectivity index (χ3v) is 6.02. The number of para-hydroxylation sites is 1. The first-order valence-corrected chi connectivity index (χ1v) is 10.4. The van der Waals surface area contributed by atoms with Crippen molar-refractivity contribution >= 4 is 16.9 Å². The maximum atomic E-state index is 5.64. The van der Waals surface area contributed by atoms with Gasteiger partial charge in [-0.05, 0) is 36.5 Å². The maximum Gasteiger partial charge on any atom is 0.191 e. The molecule has 3 N–H and O–H groups in total. The van der Waals surface area contributed by atoms with Crippen LogP contribution in [0, 0.1) is 0 Å². The van der Waals surface area contributed by atoms with Crippen LogP contribution in [0.4, 0.5) is 0 Å². The molecule has 0 atom stereocenters. The maximum absolute atomic E-state index is 5.64. The number of aliphatic imine (C=N–C) groups is 1. The van der Waals surface area contributed by atoms with Gasteiger partial charge in [0.15, 0.2) is 5.96 Å². The van der Waals surface area contributed by atoms with E-state index >= 15 is 0 Å². The number of benzene rings is 2. The summed E-state index contributed by atoms with van der Waals surface area (Å²) in [4.78, 5) is 7.78. The number of nitrogens with zero attached hydrogens (tertiary/aromatic N) is 1. The summed E-state index contributed by atoms with van der Waals surface area (Å²) >= 11 is 0. The zero-order valence-electron chi connectivity index (χ0n) is 17.1. The molecule has 0 amide bonds. The van der Waals surface area contributed by atoms with Crippen molar-refractivity contribution in [3.8, 4) is 0 Å². The van der Waals surface area contributed by atoms with E-state index in [1.807, 2.05) is 7.05 Å². The van der Waals surface area contributed by atoms with Gasteiger partial charge in [0.25, 0.3) is 0 Å². The number of rotatable bonds is 6. The van der Waals surface area contributed by atoms with Crippen LogP contribution in [0.1, 0.15) is 24.0 Å². The average molecular weight is 391 g/mol. The van der Waals surface area contributed by atoms with Gasteiger partial charge in [0.1, 0.15) is 0 Å². The number of H-pyrrole nitrogens is 1. The molecule has 0 spiro atoms. The van der Waals surface area contributed by atoms with Crippen LogP contribution in [0.2, 0.25) is 0 Å². The summed E-state index contributed by atoms with van der Waals surface area (Å²) < 4.78 is 5.64. The Morgan fingerprint density at radius 3 is 2.59 bits per heavy atom. The van der Waals surface area contributed by atoms with Crippen molar-refractivity contribution in [2.75, 3.05) is 33.4 Å². The minimum atomic E-state index is 0.0912. The van der Waals surface area contributed by atoms with E-state index in [1.54, 1.807) is 0 Å². The summed E-state index contributed by atoms with van der Waals surface area (Å²) in [6.45, 7) is 3.31. The molecule has 1 fully saturated rings. The lowest BCUT2D eigenvalue weighted by Gasteiger charge is -2.38. The Morgan fingerprint density at radius 1 is 1.03 bits per heavy atom.